The van der Waals surface area contributed by atoms with Crippen LogP contribution in [0.25, 0.3) is 22.2 Å². The van der Waals surface area contributed by atoms with Gasteiger partial charge in [-0.25, -0.2) is 0 Å². The van der Waals surface area contributed by atoms with Crippen molar-refractivity contribution >= 4 is 16.7 Å². The van der Waals surface area contributed by atoms with Gasteiger partial charge >= 0.3 is 0 Å². The Bertz CT molecular complexity index is 1200. The number of carbonyl (C=O) groups is 1. The number of benzene rings is 3. The molecule has 1 aromatic heterocycles. The van der Waals surface area contributed by atoms with Crippen LogP contribution in [0.15, 0.2) is 71.3 Å². The second-order valence-corrected chi connectivity index (χ2v) is 7.79. The molecule has 0 N–H and O–H groups in total. The lowest BCUT2D eigenvalue weighted by molar-refractivity contribution is -0.136. The molecule has 1 amide bonds. The molecule has 4 aromatic rings. The minimum Gasteiger partial charge on any atom is -0.484 e. The average Bonchev–Trinajstić information content (AvgIpc) is 3.24. The molecule has 4 rings (SSSR count). The summed E-state index contributed by atoms with van der Waals surface area (Å²) < 4.78 is 11.2. The molecule has 6 heteroatoms. The summed E-state index contributed by atoms with van der Waals surface area (Å²) in [7, 11) is 0. The lowest BCUT2D eigenvalue weighted by Crippen LogP contribution is -2.39. The van der Waals surface area contributed by atoms with Crippen LogP contribution in [0.5, 0.6) is 5.75 Å². The number of aromatic nitrogens is 2. The monoisotopic (exact) mass is 415 g/mol. The van der Waals surface area contributed by atoms with Crippen LogP contribution in [0, 0.1) is 6.92 Å². The molecule has 0 aliphatic heterocycles. The number of aryl methyl sites for hydroxylation is 1. The van der Waals surface area contributed by atoms with E-state index in [4.69, 9.17) is 9.26 Å². The first-order chi connectivity index (χ1) is 15.0. The summed E-state index contributed by atoms with van der Waals surface area (Å²) >= 11 is 0. The minimum absolute atomic E-state index is 0.0398. The molecule has 1 heterocycles. The highest BCUT2D eigenvalue weighted by atomic mass is 16.5. The largest absolute Gasteiger partial charge is 0.484 e. The lowest BCUT2D eigenvalue weighted by atomic mass is 10.1. The van der Waals surface area contributed by atoms with Crippen LogP contribution in [-0.4, -0.2) is 33.6 Å². The summed E-state index contributed by atoms with van der Waals surface area (Å²) in [5, 5.41) is 6.27. The Labute approximate surface area is 181 Å². The van der Waals surface area contributed by atoms with Gasteiger partial charge in [0.05, 0.1) is 0 Å². The first kappa shape index (κ1) is 20.6. The lowest BCUT2D eigenvalue weighted by Gasteiger charge is -2.25. The van der Waals surface area contributed by atoms with E-state index in [9.17, 15) is 4.79 Å². The third kappa shape index (κ3) is 4.91. The topological polar surface area (TPSA) is 68.5 Å². The maximum absolute atomic E-state index is 12.9. The van der Waals surface area contributed by atoms with Crippen LogP contribution < -0.4 is 4.74 Å². The molecule has 31 heavy (non-hydrogen) atoms. The number of fused-ring (bicyclic) bond motifs is 1. The molecule has 0 aliphatic rings. The van der Waals surface area contributed by atoms with E-state index in [-0.39, 0.29) is 25.1 Å². The summed E-state index contributed by atoms with van der Waals surface area (Å²) in [4.78, 5) is 19.0. The Morgan fingerprint density at radius 1 is 1.03 bits per heavy atom. The van der Waals surface area contributed by atoms with Crippen LogP contribution in [0.2, 0.25) is 0 Å². The molecule has 0 unspecified atom stereocenters. The van der Waals surface area contributed by atoms with E-state index < -0.39 is 0 Å². The van der Waals surface area contributed by atoms with E-state index in [0.29, 0.717) is 17.5 Å². The predicted molar refractivity (Wildman–Crippen MR) is 120 cm³/mol. The smallest absolute Gasteiger partial charge is 0.261 e. The van der Waals surface area contributed by atoms with Crippen molar-refractivity contribution in [1.29, 1.82) is 0 Å². The molecular formula is C25H25N3O3. The summed E-state index contributed by atoms with van der Waals surface area (Å²) in [6.07, 6.45) is 0. The van der Waals surface area contributed by atoms with Gasteiger partial charge < -0.3 is 14.2 Å². The van der Waals surface area contributed by atoms with E-state index >= 15 is 0 Å². The number of rotatable bonds is 7. The fourth-order valence-electron chi connectivity index (χ4n) is 3.41. The van der Waals surface area contributed by atoms with Gasteiger partial charge in [-0.2, -0.15) is 4.98 Å². The molecule has 158 valence electrons. The van der Waals surface area contributed by atoms with Gasteiger partial charge in [-0.05, 0) is 49.7 Å². The highest BCUT2D eigenvalue weighted by Gasteiger charge is 2.21. The normalized spacial score (nSPS) is 11.1. The average molecular weight is 415 g/mol. The summed E-state index contributed by atoms with van der Waals surface area (Å²) in [6.45, 7) is 6.09. The fraction of sp³-hybridized carbons (Fsp3) is 0.240. The van der Waals surface area contributed by atoms with Gasteiger partial charge in [-0.15, -0.1) is 0 Å². The van der Waals surface area contributed by atoms with Crippen molar-refractivity contribution < 1.29 is 14.1 Å². The molecule has 6 nitrogen and oxygen atoms in total. The van der Waals surface area contributed by atoms with E-state index in [1.807, 2.05) is 87.5 Å². The Morgan fingerprint density at radius 2 is 1.84 bits per heavy atom. The molecule has 3 aromatic carbocycles. The molecule has 0 aliphatic carbocycles. The van der Waals surface area contributed by atoms with E-state index in [1.54, 1.807) is 4.90 Å². The number of amides is 1. The van der Waals surface area contributed by atoms with Crippen LogP contribution in [0.1, 0.15) is 25.3 Å². The molecule has 0 spiro atoms. The summed E-state index contributed by atoms with van der Waals surface area (Å²) in [5.41, 5.74) is 2.01. The van der Waals surface area contributed by atoms with Gasteiger partial charge in [0.1, 0.15) is 12.3 Å². The van der Waals surface area contributed by atoms with Crippen LogP contribution in [0.4, 0.5) is 0 Å². The van der Waals surface area contributed by atoms with Crippen molar-refractivity contribution in [1.82, 2.24) is 15.0 Å². The maximum atomic E-state index is 12.9. The van der Waals surface area contributed by atoms with Crippen molar-refractivity contribution in [3.8, 4) is 17.1 Å². The Balaban J connectivity index is 1.42. The third-order valence-electron chi connectivity index (χ3n) is 5.08. The van der Waals surface area contributed by atoms with Crippen LogP contribution in [-0.2, 0) is 11.3 Å². The van der Waals surface area contributed by atoms with Gasteiger partial charge in [0.25, 0.3) is 5.91 Å². The Hall–Kier alpha value is -3.67. The van der Waals surface area contributed by atoms with E-state index in [2.05, 4.69) is 10.1 Å². The van der Waals surface area contributed by atoms with Gasteiger partial charge in [0.2, 0.25) is 11.7 Å². The number of hydrogen-bond donors (Lipinski definition) is 0. The van der Waals surface area contributed by atoms with Gasteiger partial charge in [-0.1, -0.05) is 59.3 Å². The number of hydrogen-bond acceptors (Lipinski definition) is 5. The second kappa shape index (κ2) is 9.00. The zero-order chi connectivity index (χ0) is 21.8. The number of carbonyl (C=O) groups excluding carboxylic acids is 1. The SMILES string of the molecule is Cc1cccc(-c2noc(CN(C(=O)COc3ccc4ccccc4c3)C(C)C)n2)c1. The van der Waals surface area contributed by atoms with Crippen LogP contribution in [0.3, 0.4) is 0 Å². The highest BCUT2D eigenvalue weighted by Crippen LogP contribution is 2.21. The molecule has 0 bridgehead atoms. The standard InChI is InChI=1S/C25H25N3O3/c1-17(2)28(15-23-26-25(27-31-23)21-10-6-7-18(3)13-21)24(29)16-30-22-12-11-19-8-4-5-9-20(19)14-22/h4-14,17H,15-16H2,1-3H3. The van der Waals surface area contributed by atoms with Gasteiger partial charge in [0.15, 0.2) is 6.61 Å². The Morgan fingerprint density at radius 3 is 2.61 bits per heavy atom. The van der Waals surface area contributed by atoms with E-state index in [0.717, 1.165) is 21.9 Å². The first-order valence-electron chi connectivity index (χ1n) is 10.3. The maximum Gasteiger partial charge on any atom is 0.261 e. The first-order valence-corrected chi connectivity index (χ1v) is 10.3. The quantitative estimate of drug-likeness (QED) is 0.424. The second-order valence-electron chi connectivity index (χ2n) is 7.79. The fourth-order valence-corrected chi connectivity index (χ4v) is 3.41. The molecule has 0 saturated carbocycles. The van der Waals surface area contributed by atoms with Gasteiger partial charge in [0, 0.05) is 11.6 Å². The van der Waals surface area contributed by atoms with Crippen molar-refractivity contribution in [3.05, 3.63) is 78.2 Å². The summed E-state index contributed by atoms with van der Waals surface area (Å²) in [6, 6.07) is 21.7. The van der Waals surface area contributed by atoms with E-state index in [1.165, 1.54) is 0 Å². The summed E-state index contributed by atoms with van der Waals surface area (Å²) in [5.74, 6) is 1.43. The van der Waals surface area contributed by atoms with Crippen LogP contribution >= 0.6 is 0 Å². The van der Waals surface area contributed by atoms with Crippen molar-refractivity contribution in [3.63, 3.8) is 0 Å². The zero-order valence-electron chi connectivity index (χ0n) is 17.9. The number of ether oxygens (including phenoxy) is 1. The van der Waals surface area contributed by atoms with Crippen molar-refractivity contribution in [2.75, 3.05) is 6.61 Å². The Kier molecular flexibility index (Phi) is 5.98. The molecule has 0 atom stereocenters. The minimum atomic E-state index is -0.140. The molecule has 0 saturated heterocycles. The van der Waals surface area contributed by atoms with Crippen molar-refractivity contribution in [2.24, 2.45) is 0 Å². The number of nitrogens with zero attached hydrogens (tertiary/aromatic N) is 3. The predicted octanol–water partition coefficient (Wildman–Crippen LogP) is 5.01. The highest BCUT2D eigenvalue weighted by molar-refractivity contribution is 5.84. The van der Waals surface area contributed by atoms with Gasteiger partial charge in [-0.3, -0.25) is 4.79 Å². The molecule has 0 radical (unpaired) electrons. The molecular weight excluding hydrogens is 390 g/mol. The molecule has 0 fully saturated rings. The third-order valence-corrected chi connectivity index (χ3v) is 5.08. The zero-order valence-corrected chi connectivity index (χ0v) is 17.9. The van der Waals surface area contributed by atoms with Crippen molar-refractivity contribution in [2.45, 2.75) is 33.4 Å².